The first kappa shape index (κ1) is 20.6. The Morgan fingerprint density at radius 1 is 1.05 bits per heavy atom. The van der Waals surface area contributed by atoms with E-state index in [-0.39, 0.29) is 0 Å². The molecule has 0 atom stereocenters. The van der Waals surface area contributed by atoms with E-state index in [4.69, 9.17) is 13.0 Å². The molecule has 0 fully saturated rings. The van der Waals surface area contributed by atoms with Gasteiger partial charge in [0, 0.05) is 6.92 Å². The van der Waals surface area contributed by atoms with E-state index in [9.17, 15) is 34.8 Å². The van der Waals surface area contributed by atoms with Gasteiger partial charge < -0.3 is 4.55 Å². The highest BCUT2D eigenvalue weighted by Gasteiger charge is 2.51. The highest BCUT2D eigenvalue weighted by molar-refractivity contribution is 7.92. The van der Waals surface area contributed by atoms with Gasteiger partial charge in [0.1, 0.15) is 6.20 Å². The van der Waals surface area contributed by atoms with Crippen LogP contribution in [0.5, 0.6) is 0 Å². The van der Waals surface area contributed by atoms with Crippen molar-refractivity contribution in [3.63, 3.8) is 0 Å². The number of aromatic nitrogens is 2. The summed E-state index contributed by atoms with van der Waals surface area (Å²) in [6.45, 7) is 1.47. The lowest BCUT2D eigenvalue weighted by atomic mass is 10.7. The highest BCUT2D eigenvalue weighted by Crippen LogP contribution is 2.28. The van der Waals surface area contributed by atoms with Gasteiger partial charge in [0.25, 0.3) is 10.9 Å². The standard InChI is InChI=1S/C6H7F3N2O2S.CHF3O3S/c1-4-10-3-5(11(4)2)14(12,13)6(7,8)9;2-1(3,4)8(5,6)7/h3H,1-2H3;(H,5,6,7). The van der Waals surface area contributed by atoms with E-state index in [0.29, 0.717) is 5.82 Å². The molecular formula is C7H8F6N2O5S2. The topological polar surface area (TPSA) is 111 Å². The molecule has 130 valence electrons. The quantitative estimate of drug-likeness (QED) is 0.331. The van der Waals surface area contributed by atoms with Gasteiger partial charge in [0.15, 0.2) is 10.1 Å². The zero-order chi connectivity index (χ0) is 18.1. The Hall–Kier alpha value is -1.35. The molecule has 0 amide bonds. The molecule has 22 heavy (non-hydrogen) atoms. The number of hydrogen-bond donors (Lipinski definition) is 1. The number of imidazole rings is 1. The average molecular weight is 378 g/mol. The predicted molar refractivity (Wildman–Crippen MR) is 55.7 cm³/mol. The number of alkyl halides is 6. The monoisotopic (exact) mass is 378 g/mol. The molecule has 0 aliphatic heterocycles. The number of sulfone groups is 1. The Labute approximate surface area is 120 Å². The Morgan fingerprint density at radius 2 is 1.41 bits per heavy atom. The number of halogens is 6. The molecule has 0 saturated heterocycles. The van der Waals surface area contributed by atoms with Crippen LogP contribution in [-0.4, -0.2) is 37.4 Å². The van der Waals surface area contributed by atoms with E-state index in [1.165, 1.54) is 14.0 Å². The fourth-order valence-corrected chi connectivity index (χ4v) is 1.85. The van der Waals surface area contributed by atoms with Crippen molar-refractivity contribution < 1.29 is 52.3 Å². The van der Waals surface area contributed by atoms with E-state index in [1.807, 2.05) is 0 Å². The molecule has 7 nitrogen and oxygen atoms in total. The molecule has 1 aromatic rings. The minimum absolute atomic E-state index is 0.327. The van der Waals surface area contributed by atoms with E-state index >= 15 is 0 Å². The van der Waals surface area contributed by atoms with Gasteiger partial charge in [-0.05, 0) is 0 Å². The Bertz CT molecular complexity index is 730. The first-order valence-electron chi connectivity index (χ1n) is 4.80. The van der Waals surface area contributed by atoms with Crippen LogP contribution in [0.3, 0.4) is 0 Å². The average Bonchev–Trinajstić information content (AvgIpc) is 2.56. The van der Waals surface area contributed by atoms with Gasteiger partial charge in [-0.15, -0.1) is 0 Å². The summed E-state index contributed by atoms with van der Waals surface area (Å²) in [6, 6.07) is 0. The summed E-state index contributed by atoms with van der Waals surface area (Å²) in [6.07, 6.45) is 0.818. The molecule has 0 spiro atoms. The van der Waals surface area contributed by atoms with Crippen LogP contribution in [0.25, 0.3) is 0 Å². The first-order valence-corrected chi connectivity index (χ1v) is 7.69. The summed E-state index contributed by atoms with van der Waals surface area (Å²) >= 11 is 0. The summed E-state index contributed by atoms with van der Waals surface area (Å²) in [7, 11) is -10.1. The van der Waals surface area contributed by atoms with Crippen LogP contribution in [0.1, 0.15) is 5.82 Å². The van der Waals surface area contributed by atoms with Crippen molar-refractivity contribution in [1.82, 2.24) is 4.98 Å². The third kappa shape index (κ3) is 4.57. The zero-order valence-electron chi connectivity index (χ0n) is 10.7. The molecule has 1 heterocycles. The van der Waals surface area contributed by atoms with Crippen molar-refractivity contribution in [2.75, 3.05) is 0 Å². The smallest absolute Gasteiger partial charge is 0.505 e. The highest BCUT2D eigenvalue weighted by atomic mass is 32.2. The molecule has 0 aliphatic carbocycles. The summed E-state index contributed by atoms with van der Waals surface area (Å²) in [5, 5.41) is -0.789. The fraction of sp³-hybridized carbons (Fsp3) is 0.571. The number of nitrogens with zero attached hydrogens (tertiary/aromatic N) is 1. The first-order chi connectivity index (χ1) is 9.43. The second kappa shape index (κ2) is 6.04. The second-order valence-electron chi connectivity index (χ2n) is 3.62. The number of hydrogen-bond acceptors (Lipinski definition) is 5. The molecule has 0 bridgehead atoms. The predicted octanol–water partition coefficient (Wildman–Crippen LogP) is 0.493. The van der Waals surface area contributed by atoms with Crippen molar-refractivity contribution in [1.29, 1.82) is 0 Å². The van der Waals surface area contributed by atoms with Gasteiger partial charge in [0.05, 0.1) is 7.05 Å². The molecule has 1 aromatic heterocycles. The van der Waals surface area contributed by atoms with Crippen LogP contribution in [-0.2, 0) is 27.0 Å². The summed E-state index contributed by atoms with van der Waals surface area (Å²) in [5.41, 5.74) is -10.9. The van der Waals surface area contributed by atoms with Crippen molar-refractivity contribution in [2.24, 2.45) is 7.05 Å². The molecule has 0 radical (unpaired) electrons. The Morgan fingerprint density at radius 3 is 1.59 bits per heavy atom. The van der Waals surface area contributed by atoms with Crippen LogP contribution in [0, 0.1) is 6.92 Å². The molecular weight excluding hydrogens is 370 g/mol. The van der Waals surface area contributed by atoms with E-state index in [0.717, 1.165) is 10.8 Å². The molecule has 0 saturated carbocycles. The van der Waals surface area contributed by atoms with Crippen LogP contribution in [0.2, 0.25) is 0 Å². The fourth-order valence-electron chi connectivity index (χ4n) is 0.902. The summed E-state index contributed by atoms with van der Waals surface area (Å²) < 4.78 is 118. The SMILES string of the molecule is Cc1[nH]cc(S(=O)(=O)C(F)(F)F)[n+]1C.O=S(=O)([O-])C(F)(F)F. The second-order valence-corrected chi connectivity index (χ2v) is 6.88. The van der Waals surface area contributed by atoms with Crippen molar-refractivity contribution >= 4 is 20.0 Å². The molecule has 15 heteroatoms. The molecule has 0 aromatic carbocycles. The number of aryl methyl sites for hydroxylation is 1. The minimum Gasteiger partial charge on any atom is -0.741 e. The summed E-state index contributed by atoms with van der Waals surface area (Å²) in [4.78, 5) is 2.40. The van der Waals surface area contributed by atoms with Gasteiger partial charge in [-0.3, -0.25) is 0 Å². The van der Waals surface area contributed by atoms with Crippen molar-refractivity contribution in [3.8, 4) is 0 Å². The Balaban J connectivity index is 0.000000472. The number of rotatable bonds is 1. The van der Waals surface area contributed by atoms with Crippen LogP contribution in [0.4, 0.5) is 26.3 Å². The van der Waals surface area contributed by atoms with Crippen molar-refractivity contribution in [2.45, 2.75) is 23.0 Å². The van der Waals surface area contributed by atoms with Gasteiger partial charge in [0.2, 0.25) is 0 Å². The lowest BCUT2D eigenvalue weighted by Crippen LogP contribution is -2.39. The van der Waals surface area contributed by atoms with E-state index in [1.54, 1.807) is 0 Å². The van der Waals surface area contributed by atoms with Gasteiger partial charge in [-0.1, -0.05) is 0 Å². The van der Waals surface area contributed by atoms with Gasteiger partial charge in [-0.25, -0.2) is 26.4 Å². The Kier molecular flexibility index (Phi) is 5.67. The molecule has 0 unspecified atom stereocenters. The number of aromatic amines is 1. The van der Waals surface area contributed by atoms with Gasteiger partial charge >= 0.3 is 20.9 Å². The molecule has 0 aliphatic rings. The van der Waals surface area contributed by atoms with Crippen LogP contribution < -0.4 is 4.57 Å². The third-order valence-corrected chi connectivity index (χ3v) is 4.22. The third-order valence-electron chi connectivity index (χ3n) is 2.10. The maximum Gasteiger partial charge on any atom is 0.505 e. The lowest BCUT2D eigenvalue weighted by Gasteiger charge is -2.08. The number of H-pyrrole nitrogens is 1. The molecule has 1 N–H and O–H groups in total. The van der Waals surface area contributed by atoms with E-state index in [2.05, 4.69) is 4.98 Å². The maximum atomic E-state index is 12.1. The maximum absolute atomic E-state index is 12.1. The summed E-state index contributed by atoms with van der Waals surface area (Å²) in [5.74, 6) is 0.327. The number of nitrogens with one attached hydrogen (secondary N) is 1. The normalized spacial score (nSPS) is 13.5. The van der Waals surface area contributed by atoms with Crippen molar-refractivity contribution in [3.05, 3.63) is 12.0 Å². The molecule has 1 rings (SSSR count). The lowest BCUT2D eigenvalue weighted by molar-refractivity contribution is -0.713. The van der Waals surface area contributed by atoms with Gasteiger partial charge in [-0.2, -0.15) is 26.3 Å². The zero-order valence-corrected chi connectivity index (χ0v) is 12.3. The largest absolute Gasteiger partial charge is 0.741 e. The van der Waals surface area contributed by atoms with Crippen LogP contribution in [0.15, 0.2) is 11.2 Å². The minimum atomic E-state index is -6.09. The van der Waals surface area contributed by atoms with E-state index < -0.39 is 36.0 Å². The van der Waals surface area contributed by atoms with Crippen LogP contribution >= 0.6 is 0 Å².